The van der Waals surface area contributed by atoms with Crippen LogP contribution in [0.2, 0.25) is 0 Å². The van der Waals surface area contributed by atoms with Gasteiger partial charge in [0.2, 0.25) is 0 Å². The van der Waals surface area contributed by atoms with Gasteiger partial charge in [0.05, 0.1) is 11.6 Å². The van der Waals surface area contributed by atoms with Gasteiger partial charge < -0.3 is 5.11 Å². The highest BCUT2D eigenvalue weighted by Crippen LogP contribution is 2.33. The van der Waals surface area contributed by atoms with E-state index < -0.39 is 30.1 Å². The maximum Gasteiger partial charge on any atom is 0.407 e. The standard InChI is InChI=1S/C17H20F3N3O3/c1-10(2)8-13(15(24)23(3)9-21)22-14(17(18,19)20)11-4-6-12(7-5-11)16(25)26/h4-7,10,13-14,22H,8H2,1-3H3,(H,25,26). The summed E-state index contributed by atoms with van der Waals surface area (Å²) < 4.78 is 40.6. The molecule has 0 aromatic heterocycles. The molecular formula is C17H20F3N3O3. The molecule has 0 aliphatic heterocycles. The fourth-order valence-electron chi connectivity index (χ4n) is 2.39. The molecule has 9 heteroatoms. The number of nitrogens with one attached hydrogen (secondary N) is 1. The number of alkyl halides is 3. The van der Waals surface area contributed by atoms with Crippen molar-refractivity contribution < 1.29 is 27.9 Å². The molecule has 1 aromatic rings. The molecule has 0 heterocycles. The van der Waals surface area contributed by atoms with Crippen molar-refractivity contribution in [3.05, 3.63) is 35.4 Å². The number of nitrogens with zero attached hydrogens (tertiary/aromatic N) is 2. The van der Waals surface area contributed by atoms with Gasteiger partial charge in [-0.2, -0.15) is 18.4 Å². The van der Waals surface area contributed by atoms with E-state index >= 15 is 0 Å². The molecule has 1 rings (SSSR count). The molecular weight excluding hydrogens is 351 g/mol. The van der Waals surface area contributed by atoms with Crippen molar-refractivity contribution in [2.75, 3.05) is 7.05 Å². The molecule has 2 unspecified atom stereocenters. The average molecular weight is 371 g/mol. The number of hydrogen-bond donors (Lipinski definition) is 2. The van der Waals surface area contributed by atoms with E-state index in [1.807, 2.05) is 0 Å². The zero-order chi connectivity index (χ0) is 20.1. The van der Waals surface area contributed by atoms with Gasteiger partial charge in [0.1, 0.15) is 6.04 Å². The number of hydrogen-bond acceptors (Lipinski definition) is 4. The first-order chi connectivity index (χ1) is 12.0. The summed E-state index contributed by atoms with van der Waals surface area (Å²) in [5, 5.41) is 20.0. The van der Waals surface area contributed by atoms with E-state index in [1.54, 1.807) is 20.0 Å². The number of aromatic carboxylic acids is 1. The molecule has 0 bridgehead atoms. The number of benzene rings is 1. The van der Waals surface area contributed by atoms with Gasteiger partial charge in [-0.05, 0) is 30.0 Å². The van der Waals surface area contributed by atoms with E-state index in [4.69, 9.17) is 10.4 Å². The molecule has 2 N–H and O–H groups in total. The fraction of sp³-hybridized carbons (Fsp3) is 0.471. The van der Waals surface area contributed by atoms with E-state index in [9.17, 15) is 22.8 Å². The number of halogens is 3. The Kier molecular flexibility index (Phi) is 7.15. The lowest BCUT2D eigenvalue weighted by Crippen LogP contribution is -2.49. The minimum atomic E-state index is -4.72. The number of amides is 1. The lowest BCUT2D eigenvalue weighted by Gasteiger charge is -2.29. The molecule has 1 aromatic carbocycles. The maximum atomic E-state index is 13.5. The van der Waals surface area contributed by atoms with Crippen molar-refractivity contribution in [1.82, 2.24) is 10.2 Å². The summed E-state index contributed by atoms with van der Waals surface area (Å²) in [6.45, 7) is 3.50. The van der Waals surface area contributed by atoms with Crippen LogP contribution in [0.3, 0.4) is 0 Å². The van der Waals surface area contributed by atoms with E-state index in [-0.39, 0.29) is 23.5 Å². The van der Waals surface area contributed by atoms with Crippen LogP contribution in [0.15, 0.2) is 24.3 Å². The predicted molar refractivity (Wildman–Crippen MR) is 87.0 cm³/mol. The van der Waals surface area contributed by atoms with Crippen LogP contribution in [0.5, 0.6) is 0 Å². The summed E-state index contributed by atoms with van der Waals surface area (Å²) >= 11 is 0. The van der Waals surface area contributed by atoms with Crippen molar-refractivity contribution >= 4 is 11.9 Å². The minimum absolute atomic E-state index is 0.0909. The largest absolute Gasteiger partial charge is 0.478 e. The van der Waals surface area contributed by atoms with E-state index in [0.717, 1.165) is 24.3 Å². The molecule has 6 nitrogen and oxygen atoms in total. The number of carboxylic acid groups (broad SMARTS) is 1. The summed E-state index contributed by atoms with van der Waals surface area (Å²) in [7, 11) is 1.18. The third-order valence-electron chi connectivity index (χ3n) is 3.67. The molecule has 0 saturated carbocycles. The Balaban J connectivity index is 3.20. The SMILES string of the molecule is CC(C)CC(NC(c1ccc(C(=O)O)cc1)C(F)(F)F)C(=O)N(C)C#N. The Hall–Kier alpha value is -2.60. The molecule has 1 amide bonds. The highest BCUT2D eigenvalue weighted by atomic mass is 19.4. The van der Waals surface area contributed by atoms with Gasteiger partial charge in [0, 0.05) is 7.05 Å². The number of carbonyl (C=O) groups excluding carboxylic acids is 1. The Labute approximate surface area is 149 Å². The Morgan fingerprint density at radius 2 is 1.81 bits per heavy atom. The van der Waals surface area contributed by atoms with Gasteiger partial charge in [0.15, 0.2) is 6.19 Å². The highest BCUT2D eigenvalue weighted by Gasteiger charge is 2.43. The smallest absolute Gasteiger partial charge is 0.407 e. The van der Waals surface area contributed by atoms with E-state index in [1.165, 1.54) is 7.05 Å². The first kappa shape index (κ1) is 21.4. The summed E-state index contributed by atoms with van der Waals surface area (Å²) in [4.78, 5) is 23.8. The van der Waals surface area contributed by atoms with Crippen molar-refractivity contribution in [2.45, 2.75) is 38.5 Å². The van der Waals surface area contributed by atoms with Crippen LogP contribution in [0, 0.1) is 17.4 Å². The van der Waals surface area contributed by atoms with Crippen LogP contribution in [0.4, 0.5) is 13.2 Å². The monoisotopic (exact) mass is 371 g/mol. The molecule has 0 saturated heterocycles. The molecule has 2 atom stereocenters. The van der Waals surface area contributed by atoms with E-state index in [0.29, 0.717) is 4.90 Å². The van der Waals surface area contributed by atoms with Crippen LogP contribution < -0.4 is 5.32 Å². The lowest BCUT2D eigenvalue weighted by atomic mass is 9.98. The minimum Gasteiger partial charge on any atom is -0.478 e. The summed E-state index contributed by atoms with van der Waals surface area (Å²) in [5.74, 6) is -2.11. The van der Waals surface area contributed by atoms with Crippen molar-refractivity contribution in [1.29, 1.82) is 5.26 Å². The van der Waals surface area contributed by atoms with Gasteiger partial charge in [-0.15, -0.1) is 0 Å². The Morgan fingerprint density at radius 3 is 2.19 bits per heavy atom. The van der Waals surface area contributed by atoms with Crippen molar-refractivity contribution in [3.8, 4) is 6.19 Å². The fourth-order valence-corrected chi connectivity index (χ4v) is 2.39. The molecule has 0 spiro atoms. The Bertz CT molecular complexity index is 681. The second-order valence-corrected chi connectivity index (χ2v) is 6.25. The average Bonchev–Trinajstić information content (AvgIpc) is 2.55. The van der Waals surface area contributed by atoms with Crippen LogP contribution in [-0.4, -0.2) is 41.1 Å². The lowest BCUT2D eigenvalue weighted by molar-refractivity contribution is -0.162. The molecule has 142 valence electrons. The van der Waals surface area contributed by atoms with Crippen molar-refractivity contribution in [3.63, 3.8) is 0 Å². The van der Waals surface area contributed by atoms with Gasteiger partial charge in [-0.1, -0.05) is 26.0 Å². The third-order valence-corrected chi connectivity index (χ3v) is 3.67. The van der Waals surface area contributed by atoms with Crippen molar-refractivity contribution in [2.24, 2.45) is 5.92 Å². The van der Waals surface area contributed by atoms with Gasteiger partial charge in [0.25, 0.3) is 5.91 Å². The molecule has 0 radical (unpaired) electrons. The predicted octanol–water partition coefficient (Wildman–Crippen LogP) is 2.93. The number of likely N-dealkylation sites (N-methyl/N-ethyl adjacent to an activating group) is 1. The van der Waals surface area contributed by atoms with Crippen LogP contribution >= 0.6 is 0 Å². The third kappa shape index (κ3) is 5.74. The second-order valence-electron chi connectivity index (χ2n) is 6.25. The highest BCUT2D eigenvalue weighted by molar-refractivity contribution is 5.87. The molecule has 26 heavy (non-hydrogen) atoms. The van der Waals surface area contributed by atoms with Gasteiger partial charge in [-0.25, -0.2) is 4.79 Å². The quantitative estimate of drug-likeness (QED) is 0.568. The summed E-state index contributed by atoms with van der Waals surface area (Å²) in [6.07, 6.45) is -3.03. The van der Waals surface area contributed by atoms with Crippen LogP contribution in [0.25, 0.3) is 0 Å². The number of carboxylic acids is 1. The topological polar surface area (TPSA) is 93.4 Å². The second kappa shape index (κ2) is 8.67. The number of nitriles is 1. The van der Waals surface area contributed by atoms with Gasteiger partial charge >= 0.3 is 12.1 Å². The zero-order valence-corrected chi connectivity index (χ0v) is 14.5. The maximum absolute atomic E-state index is 13.5. The molecule has 0 fully saturated rings. The molecule has 0 aliphatic rings. The van der Waals surface area contributed by atoms with Crippen LogP contribution in [-0.2, 0) is 4.79 Å². The van der Waals surface area contributed by atoms with E-state index in [2.05, 4.69) is 5.32 Å². The van der Waals surface area contributed by atoms with Gasteiger partial charge in [-0.3, -0.25) is 15.0 Å². The zero-order valence-electron chi connectivity index (χ0n) is 14.5. The normalized spacial score (nSPS) is 13.8. The molecule has 0 aliphatic carbocycles. The first-order valence-electron chi connectivity index (χ1n) is 7.80. The summed E-state index contributed by atoms with van der Waals surface area (Å²) in [5.41, 5.74) is -0.364. The summed E-state index contributed by atoms with van der Waals surface area (Å²) in [6, 6.07) is 0.854. The number of carbonyl (C=O) groups is 2. The number of rotatable bonds is 7. The Morgan fingerprint density at radius 1 is 1.27 bits per heavy atom. The van der Waals surface area contributed by atoms with Crippen LogP contribution in [0.1, 0.15) is 42.2 Å². The first-order valence-corrected chi connectivity index (χ1v) is 7.80.